The SMILES string of the molecule is CCC(=O)NC1CC(C(=O)N2CCC3(c4cccc(OC(F)(F)F)c4)CC3C2)C1. The van der Waals surface area contributed by atoms with E-state index >= 15 is 0 Å². The van der Waals surface area contributed by atoms with E-state index in [9.17, 15) is 22.8 Å². The molecule has 1 saturated heterocycles. The zero-order valence-corrected chi connectivity index (χ0v) is 16.3. The first-order chi connectivity index (χ1) is 13.7. The molecule has 2 saturated carbocycles. The highest BCUT2D eigenvalue weighted by Crippen LogP contribution is 2.59. The van der Waals surface area contributed by atoms with Gasteiger partial charge in [-0.2, -0.15) is 0 Å². The molecule has 2 atom stereocenters. The molecule has 2 aliphatic carbocycles. The van der Waals surface area contributed by atoms with Gasteiger partial charge in [0.25, 0.3) is 0 Å². The number of nitrogens with one attached hydrogen (secondary N) is 1. The van der Waals surface area contributed by atoms with Gasteiger partial charge in [-0.3, -0.25) is 9.59 Å². The summed E-state index contributed by atoms with van der Waals surface area (Å²) in [4.78, 5) is 26.1. The van der Waals surface area contributed by atoms with Crippen LogP contribution in [0.1, 0.15) is 44.6 Å². The summed E-state index contributed by atoms with van der Waals surface area (Å²) in [6.07, 6.45) is -1.25. The summed E-state index contributed by atoms with van der Waals surface area (Å²) in [5.74, 6) is 0.201. The third-order valence-corrected chi connectivity index (χ3v) is 6.63. The molecule has 3 fully saturated rings. The molecule has 0 radical (unpaired) electrons. The van der Waals surface area contributed by atoms with E-state index in [1.165, 1.54) is 12.1 Å². The second kappa shape index (κ2) is 7.22. The van der Waals surface area contributed by atoms with Crippen LogP contribution in [0.25, 0.3) is 0 Å². The smallest absolute Gasteiger partial charge is 0.406 e. The van der Waals surface area contributed by atoms with Crippen molar-refractivity contribution in [3.8, 4) is 5.75 Å². The number of halogens is 3. The predicted octanol–water partition coefficient (Wildman–Crippen LogP) is 3.38. The van der Waals surface area contributed by atoms with Gasteiger partial charge in [-0.25, -0.2) is 0 Å². The van der Waals surface area contributed by atoms with Crippen LogP contribution in [0.5, 0.6) is 5.75 Å². The van der Waals surface area contributed by atoms with Crippen LogP contribution in [0.3, 0.4) is 0 Å². The summed E-state index contributed by atoms with van der Waals surface area (Å²) in [6, 6.07) is 6.34. The highest BCUT2D eigenvalue weighted by atomic mass is 19.4. The van der Waals surface area contributed by atoms with Gasteiger partial charge in [0.2, 0.25) is 11.8 Å². The Kier molecular flexibility index (Phi) is 4.99. The van der Waals surface area contributed by atoms with E-state index in [4.69, 9.17) is 0 Å². The molecule has 4 rings (SSSR count). The van der Waals surface area contributed by atoms with Crippen molar-refractivity contribution >= 4 is 11.8 Å². The first-order valence-electron chi connectivity index (χ1n) is 10.1. The quantitative estimate of drug-likeness (QED) is 0.810. The number of carbonyl (C=O) groups is 2. The van der Waals surface area contributed by atoms with Crippen LogP contribution in [0.15, 0.2) is 24.3 Å². The average Bonchev–Trinajstić information content (AvgIpc) is 3.37. The van der Waals surface area contributed by atoms with Gasteiger partial charge < -0.3 is 15.0 Å². The van der Waals surface area contributed by atoms with Crippen LogP contribution in [0.2, 0.25) is 0 Å². The van der Waals surface area contributed by atoms with E-state index in [0.717, 1.165) is 18.4 Å². The van der Waals surface area contributed by atoms with Crippen molar-refractivity contribution in [3.05, 3.63) is 29.8 Å². The Morgan fingerprint density at radius 1 is 1.31 bits per heavy atom. The number of carbonyl (C=O) groups excluding carboxylic acids is 2. The number of likely N-dealkylation sites (tertiary alicyclic amines) is 1. The topological polar surface area (TPSA) is 58.6 Å². The lowest BCUT2D eigenvalue weighted by Crippen LogP contribution is -2.52. The zero-order chi connectivity index (χ0) is 20.8. The Labute approximate surface area is 167 Å². The van der Waals surface area contributed by atoms with Crippen LogP contribution < -0.4 is 10.1 Å². The predicted molar refractivity (Wildman–Crippen MR) is 99.1 cm³/mol. The van der Waals surface area contributed by atoms with Gasteiger partial charge >= 0.3 is 6.36 Å². The fourth-order valence-corrected chi connectivity index (χ4v) is 4.84. The molecule has 158 valence electrons. The highest BCUT2D eigenvalue weighted by molar-refractivity contribution is 5.81. The normalized spacial score (nSPS) is 30.8. The van der Waals surface area contributed by atoms with Crippen molar-refractivity contribution in [2.75, 3.05) is 13.1 Å². The molecular weight excluding hydrogens is 385 g/mol. The summed E-state index contributed by atoms with van der Waals surface area (Å²) >= 11 is 0. The van der Waals surface area contributed by atoms with E-state index in [-0.39, 0.29) is 40.9 Å². The van der Waals surface area contributed by atoms with E-state index in [0.29, 0.717) is 32.4 Å². The third-order valence-electron chi connectivity index (χ3n) is 6.63. The Hall–Kier alpha value is -2.25. The molecule has 0 aromatic heterocycles. The lowest BCUT2D eigenvalue weighted by molar-refractivity contribution is -0.274. The van der Waals surface area contributed by atoms with Crippen molar-refractivity contribution in [1.82, 2.24) is 10.2 Å². The maximum absolute atomic E-state index is 12.8. The number of hydrogen-bond donors (Lipinski definition) is 1. The fourth-order valence-electron chi connectivity index (χ4n) is 4.84. The summed E-state index contributed by atoms with van der Waals surface area (Å²) in [5.41, 5.74) is 0.723. The summed E-state index contributed by atoms with van der Waals surface area (Å²) in [7, 11) is 0. The molecule has 1 aliphatic heterocycles. The minimum absolute atomic E-state index is 0.0124. The largest absolute Gasteiger partial charge is 0.573 e. The van der Waals surface area contributed by atoms with Gasteiger partial charge in [0.05, 0.1) is 0 Å². The molecular formula is C21H25F3N2O3. The van der Waals surface area contributed by atoms with Gasteiger partial charge in [-0.15, -0.1) is 13.2 Å². The van der Waals surface area contributed by atoms with E-state index < -0.39 is 6.36 Å². The van der Waals surface area contributed by atoms with E-state index in [2.05, 4.69) is 10.1 Å². The van der Waals surface area contributed by atoms with Gasteiger partial charge in [-0.1, -0.05) is 19.1 Å². The van der Waals surface area contributed by atoms with Crippen LogP contribution in [-0.4, -0.2) is 42.2 Å². The Morgan fingerprint density at radius 3 is 2.72 bits per heavy atom. The lowest BCUT2D eigenvalue weighted by Gasteiger charge is -2.40. The van der Waals surface area contributed by atoms with Gasteiger partial charge in [-0.05, 0) is 49.3 Å². The number of amides is 2. The van der Waals surface area contributed by atoms with E-state index in [1.807, 2.05) is 11.0 Å². The van der Waals surface area contributed by atoms with Crippen molar-refractivity contribution in [2.45, 2.75) is 56.8 Å². The minimum atomic E-state index is -4.70. The molecule has 1 heterocycles. The fraction of sp³-hybridized carbons (Fsp3) is 0.619. The molecule has 3 aliphatic rings. The Morgan fingerprint density at radius 2 is 2.07 bits per heavy atom. The Bertz CT molecular complexity index is 807. The molecule has 0 spiro atoms. The molecule has 1 aromatic rings. The first kappa shape index (κ1) is 20.0. The van der Waals surface area contributed by atoms with Gasteiger partial charge in [0.15, 0.2) is 0 Å². The molecule has 1 aromatic carbocycles. The van der Waals surface area contributed by atoms with Crippen LogP contribution >= 0.6 is 0 Å². The van der Waals surface area contributed by atoms with Crippen LogP contribution in [-0.2, 0) is 15.0 Å². The standard InChI is InChI=1S/C21H25F3N2O3/c1-2-18(27)25-16-8-13(9-16)19(28)26-7-6-20(11-15(20)12-26)14-4-3-5-17(10-14)29-21(22,23)24/h3-5,10,13,15-16H,2,6-9,11-12H2,1H3,(H,25,27). The Balaban J connectivity index is 1.33. The molecule has 8 heteroatoms. The third kappa shape index (κ3) is 4.07. The number of rotatable bonds is 5. The maximum atomic E-state index is 12.8. The minimum Gasteiger partial charge on any atom is -0.406 e. The molecule has 2 unspecified atom stereocenters. The monoisotopic (exact) mass is 410 g/mol. The summed E-state index contributed by atoms with van der Waals surface area (Å²) in [5, 5.41) is 2.92. The second-order valence-corrected chi connectivity index (χ2v) is 8.45. The zero-order valence-electron chi connectivity index (χ0n) is 16.3. The number of alkyl halides is 3. The maximum Gasteiger partial charge on any atom is 0.573 e. The number of benzene rings is 1. The average molecular weight is 410 g/mol. The molecule has 5 nitrogen and oxygen atoms in total. The number of nitrogens with zero attached hydrogens (tertiary/aromatic N) is 1. The number of piperidine rings is 1. The summed E-state index contributed by atoms with van der Waals surface area (Å²) < 4.78 is 41.6. The van der Waals surface area contributed by atoms with E-state index in [1.54, 1.807) is 13.0 Å². The molecule has 1 N–H and O–H groups in total. The number of ether oxygens (including phenoxy) is 1. The van der Waals surface area contributed by atoms with Crippen molar-refractivity contribution in [3.63, 3.8) is 0 Å². The van der Waals surface area contributed by atoms with Crippen molar-refractivity contribution in [1.29, 1.82) is 0 Å². The molecule has 29 heavy (non-hydrogen) atoms. The second-order valence-electron chi connectivity index (χ2n) is 8.45. The van der Waals surface area contributed by atoms with Crippen molar-refractivity contribution in [2.24, 2.45) is 11.8 Å². The van der Waals surface area contributed by atoms with Crippen molar-refractivity contribution < 1.29 is 27.5 Å². The number of hydrogen-bond acceptors (Lipinski definition) is 3. The molecule has 2 amide bonds. The molecule has 0 bridgehead atoms. The lowest BCUT2D eigenvalue weighted by atomic mass is 9.78. The van der Waals surface area contributed by atoms with Crippen LogP contribution in [0.4, 0.5) is 13.2 Å². The highest BCUT2D eigenvalue weighted by Gasteiger charge is 2.58. The van der Waals surface area contributed by atoms with Gasteiger partial charge in [0.1, 0.15) is 5.75 Å². The number of fused-ring (bicyclic) bond motifs is 1. The van der Waals surface area contributed by atoms with Crippen LogP contribution in [0, 0.1) is 11.8 Å². The first-order valence-corrected chi connectivity index (χ1v) is 10.1. The summed E-state index contributed by atoms with van der Waals surface area (Å²) in [6.45, 7) is 3.06. The van der Waals surface area contributed by atoms with Gasteiger partial charge in [0, 0.05) is 36.9 Å².